The first kappa shape index (κ1) is 10.4. The summed E-state index contributed by atoms with van der Waals surface area (Å²) in [6.45, 7) is 1.98. The third-order valence-corrected chi connectivity index (χ3v) is 2.29. The maximum atomic E-state index is 11.9. The lowest BCUT2D eigenvalue weighted by Crippen LogP contribution is -2.22. The molecule has 2 aromatic rings. The first-order valence-corrected chi connectivity index (χ1v) is 4.85. The van der Waals surface area contributed by atoms with Crippen LogP contribution in [0.4, 0.5) is 0 Å². The van der Waals surface area contributed by atoms with Crippen LogP contribution in [-0.2, 0) is 11.3 Å². The highest BCUT2D eigenvalue weighted by Gasteiger charge is 2.06. The number of hydrogen-bond donors (Lipinski definition) is 1. The van der Waals surface area contributed by atoms with Crippen molar-refractivity contribution in [1.29, 1.82) is 0 Å². The molecule has 84 valence electrons. The number of hydrogen-bond acceptors (Lipinski definition) is 3. The van der Waals surface area contributed by atoms with Crippen LogP contribution in [0.1, 0.15) is 12.1 Å². The molecule has 0 bridgehead atoms. The van der Waals surface area contributed by atoms with Gasteiger partial charge in [-0.05, 0) is 13.0 Å². The first-order chi connectivity index (χ1) is 7.58. The molecule has 0 radical (unpaired) electrons. The van der Waals surface area contributed by atoms with E-state index in [1.165, 1.54) is 9.08 Å². The molecule has 0 aliphatic rings. The zero-order valence-electron chi connectivity index (χ0n) is 8.75. The Morgan fingerprint density at radius 1 is 1.50 bits per heavy atom. The van der Waals surface area contributed by atoms with Gasteiger partial charge in [0.25, 0.3) is 5.56 Å². The lowest BCUT2D eigenvalue weighted by molar-refractivity contribution is -0.137. The molecule has 6 nitrogen and oxygen atoms in total. The number of rotatable bonds is 3. The van der Waals surface area contributed by atoms with E-state index in [9.17, 15) is 9.59 Å². The van der Waals surface area contributed by atoms with Gasteiger partial charge in [0.2, 0.25) is 0 Å². The van der Waals surface area contributed by atoms with Crippen LogP contribution < -0.4 is 5.56 Å². The number of fused-ring (bicyclic) bond motifs is 1. The molecule has 0 fully saturated rings. The molecule has 0 saturated carbocycles. The van der Waals surface area contributed by atoms with Gasteiger partial charge in [-0.1, -0.05) is 0 Å². The molecule has 0 spiro atoms. The molecule has 0 aliphatic heterocycles. The summed E-state index contributed by atoms with van der Waals surface area (Å²) in [7, 11) is 0. The van der Waals surface area contributed by atoms with Gasteiger partial charge in [-0.25, -0.2) is 4.52 Å². The van der Waals surface area contributed by atoms with E-state index in [-0.39, 0.29) is 18.5 Å². The fourth-order valence-electron chi connectivity index (χ4n) is 1.54. The van der Waals surface area contributed by atoms with Gasteiger partial charge in [-0.15, -0.1) is 0 Å². The Bertz CT molecular complexity index is 597. The summed E-state index contributed by atoms with van der Waals surface area (Å²) < 4.78 is 2.87. The smallest absolute Gasteiger partial charge is 0.305 e. The Hall–Kier alpha value is -2.11. The van der Waals surface area contributed by atoms with E-state index in [4.69, 9.17) is 5.11 Å². The molecule has 1 N–H and O–H groups in total. The van der Waals surface area contributed by atoms with Gasteiger partial charge in [0.15, 0.2) is 0 Å². The van der Waals surface area contributed by atoms with Crippen LogP contribution in [0, 0.1) is 6.92 Å². The summed E-state index contributed by atoms with van der Waals surface area (Å²) in [6.07, 6.45) is 3.12. The van der Waals surface area contributed by atoms with Gasteiger partial charge in [-0.2, -0.15) is 5.10 Å². The fourth-order valence-corrected chi connectivity index (χ4v) is 1.54. The average molecular weight is 221 g/mol. The molecule has 16 heavy (non-hydrogen) atoms. The molecule has 2 aromatic heterocycles. The zero-order chi connectivity index (χ0) is 11.7. The Morgan fingerprint density at radius 3 is 2.94 bits per heavy atom. The van der Waals surface area contributed by atoms with Gasteiger partial charge >= 0.3 is 5.97 Å². The van der Waals surface area contributed by atoms with E-state index >= 15 is 0 Å². The molecule has 2 heterocycles. The van der Waals surface area contributed by atoms with Crippen molar-refractivity contribution >= 4 is 11.5 Å². The second-order valence-electron chi connectivity index (χ2n) is 3.56. The molecular formula is C10H11N3O3. The molecule has 0 unspecified atom stereocenters. The van der Waals surface area contributed by atoms with E-state index < -0.39 is 5.97 Å². The van der Waals surface area contributed by atoms with Gasteiger partial charge in [0.05, 0.1) is 12.1 Å². The summed E-state index contributed by atoms with van der Waals surface area (Å²) in [5.74, 6) is -0.920. The second kappa shape index (κ2) is 3.80. The summed E-state index contributed by atoms with van der Waals surface area (Å²) >= 11 is 0. The largest absolute Gasteiger partial charge is 0.481 e. The van der Waals surface area contributed by atoms with Crippen molar-refractivity contribution in [2.75, 3.05) is 0 Å². The van der Waals surface area contributed by atoms with Crippen LogP contribution in [0.25, 0.3) is 5.52 Å². The molecule has 6 heteroatoms. The normalized spacial score (nSPS) is 10.8. The van der Waals surface area contributed by atoms with E-state index in [2.05, 4.69) is 5.10 Å². The summed E-state index contributed by atoms with van der Waals surface area (Å²) in [5, 5.41) is 12.6. The van der Waals surface area contributed by atoms with Crippen molar-refractivity contribution in [2.24, 2.45) is 0 Å². The van der Waals surface area contributed by atoms with E-state index in [0.29, 0.717) is 5.52 Å². The average Bonchev–Trinajstić information content (AvgIpc) is 2.58. The van der Waals surface area contributed by atoms with Crippen LogP contribution in [0.5, 0.6) is 0 Å². The van der Waals surface area contributed by atoms with Crippen LogP contribution >= 0.6 is 0 Å². The Kier molecular flexibility index (Phi) is 2.47. The number of carboxylic acid groups (broad SMARTS) is 1. The SMILES string of the molecule is Cc1cc2c(=O)n(CCC(=O)O)ccn2n1. The highest BCUT2D eigenvalue weighted by molar-refractivity contribution is 5.66. The number of carbonyl (C=O) groups is 1. The molecule has 2 rings (SSSR count). The minimum Gasteiger partial charge on any atom is -0.481 e. The van der Waals surface area contributed by atoms with Crippen molar-refractivity contribution in [3.8, 4) is 0 Å². The van der Waals surface area contributed by atoms with Crippen molar-refractivity contribution in [3.05, 3.63) is 34.5 Å². The molecule has 0 aliphatic carbocycles. The molecule has 0 aromatic carbocycles. The number of carboxylic acids is 1. The first-order valence-electron chi connectivity index (χ1n) is 4.85. The van der Waals surface area contributed by atoms with Crippen LogP contribution in [0.15, 0.2) is 23.3 Å². The van der Waals surface area contributed by atoms with E-state index in [1.54, 1.807) is 25.4 Å². The maximum absolute atomic E-state index is 11.9. The topological polar surface area (TPSA) is 76.6 Å². The monoisotopic (exact) mass is 221 g/mol. The molecular weight excluding hydrogens is 210 g/mol. The maximum Gasteiger partial charge on any atom is 0.305 e. The van der Waals surface area contributed by atoms with Crippen molar-refractivity contribution in [3.63, 3.8) is 0 Å². The van der Waals surface area contributed by atoms with Crippen LogP contribution in [0.2, 0.25) is 0 Å². The molecule has 0 amide bonds. The quantitative estimate of drug-likeness (QED) is 0.807. The summed E-state index contributed by atoms with van der Waals surface area (Å²) in [5.41, 5.74) is 1.00. The van der Waals surface area contributed by atoms with Crippen molar-refractivity contribution in [1.82, 2.24) is 14.2 Å². The lowest BCUT2D eigenvalue weighted by Gasteiger charge is -2.03. The number of nitrogens with zero attached hydrogens (tertiary/aromatic N) is 3. The second-order valence-corrected chi connectivity index (χ2v) is 3.56. The number of aromatic nitrogens is 3. The lowest BCUT2D eigenvalue weighted by atomic mass is 10.4. The third kappa shape index (κ3) is 1.81. The van der Waals surface area contributed by atoms with Gasteiger partial charge in [-0.3, -0.25) is 9.59 Å². The van der Waals surface area contributed by atoms with Crippen LogP contribution in [0.3, 0.4) is 0 Å². The number of aliphatic carboxylic acids is 1. The zero-order valence-corrected chi connectivity index (χ0v) is 8.75. The summed E-state index contributed by atoms with van der Waals surface area (Å²) in [4.78, 5) is 22.3. The minimum absolute atomic E-state index is 0.0663. The Balaban J connectivity index is 2.44. The molecule has 0 atom stereocenters. The van der Waals surface area contributed by atoms with Crippen molar-refractivity contribution in [2.45, 2.75) is 19.9 Å². The Morgan fingerprint density at radius 2 is 2.25 bits per heavy atom. The van der Waals surface area contributed by atoms with E-state index in [0.717, 1.165) is 5.69 Å². The van der Waals surface area contributed by atoms with Crippen molar-refractivity contribution < 1.29 is 9.90 Å². The number of aryl methyl sites for hydroxylation is 2. The summed E-state index contributed by atoms with van der Waals surface area (Å²) in [6, 6.07) is 1.68. The predicted octanol–water partition coefficient (Wildman–Crippen LogP) is 0.279. The van der Waals surface area contributed by atoms with Gasteiger partial charge < -0.3 is 9.67 Å². The highest BCUT2D eigenvalue weighted by Crippen LogP contribution is 2.00. The van der Waals surface area contributed by atoms with Gasteiger partial charge in [0, 0.05) is 18.9 Å². The third-order valence-electron chi connectivity index (χ3n) is 2.29. The Labute approximate surface area is 90.7 Å². The standard InChI is InChI=1S/C10H11N3O3/c1-7-6-8-10(16)12(3-2-9(14)15)4-5-13(8)11-7/h4-6H,2-3H2,1H3,(H,14,15). The van der Waals surface area contributed by atoms with Crippen LogP contribution in [-0.4, -0.2) is 25.3 Å². The highest BCUT2D eigenvalue weighted by atomic mass is 16.4. The minimum atomic E-state index is -0.920. The van der Waals surface area contributed by atoms with E-state index in [1.807, 2.05) is 0 Å². The van der Waals surface area contributed by atoms with Gasteiger partial charge in [0.1, 0.15) is 5.52 Å². The fraction of sp³-hybridized carbons (Fsp3) is 0.300. The predicted molar refractivity (Wildman–Crippen MR) is 56.4 cm³/mol. The molecule has 0 saturated heterocycles.